The molecule has 4 rings (SSSR count). The molecule has 0 aromatic rings. The minimum absolute atomic E-state index is 0.0220. The first kappa shape index (κ1) is 18.6. The molecule has 0 aromatic carbocycles. The second-order valence-electron chi connectivity index (χ2n) is 8.99. The van der Waals surface area contributed by atoms with Crippen LogP contribution in [0, 0.1) is 17.3 Å². The molecule has 2 aliphatic carbocycles. The normalized spacial score (nSPS) is 33.9. The van der Waals surface area contributed by atoms with Gasteiger partial charge in [-0.15, -0.1) is 0 Å². The van der Waals surface area contributed by atoms with E-state index in [1.54, 1.807) is 4.90 Å². The Bertz CT molecular complexity index is 618. The number of aliphatic carboxylic acids is 1. The minimum atomic E-state index is -0.759. The quantitative estimate of drug-likeness (QED) is 0.788. The lowest BCUT2D eigenvalue weighted by Gasteiger charge is -2.27. The van der Waals surface area contributed by atoms with E-state index >= 15 is 0 Å². The van der Waals surface area contributed by atoms with Crippen LogP contribution in [0.4, 0.5) is 4.79 Å². The number of hydrogen-bond donors (Lipinski definition) is 2. The van der Waals surface area contributed by atoms with Gasteiger partial charge in [-0.1, -0.05) is 25.7 Å². The summed E-state index contributed by atoms with van der Waals surface area (Å²) in [7, 11) is 0. The van der Waals surface area contributed by atoms with Gasteiger partial charge in [-0.3, -0.25) is 9.59 Å². The zero-order valence-corrected chi connectivity index (χ0v) is 16.0. The highest BCUT2D eigenvalue weighted by Crippen LogP contribution is 2.48. The lowest BCUT2D eigenvalue weighted by Crippen LogP contribution is -2.47. The van der Waals surface area contributed by atoms with Gasteiger partial charge in [-0.2, -0.15) is 0 Å². The standard InChI is InChI=1S/C20H31N3O4/c24-17(14-5-2-1-3-6-14)22-10-8-16(12-22)21-19(27)23-11-15-7-4-9-20(15,13-23)18(25)26/h14-16H,1-13H2,(H,21,27)(H,25,26)/t15-,16?,20+/m0/s1. The van der Waals surface area contributed by atoms with E-state index in [2.05, 4.69) is 5.32 Å². The van der Waals surface area contributed by atoms with Crippen molar-refractivity contribution in [3.8, 4) is 0 Å². The predicted octanol–water partition coefficient (Wildman–Crippen LogP) is 2.06. The summed E-state index contributed by atoms with van der Waals surface area (Å²) in [6.45, 7) is 2.15. The maximum absolute atomic E-state index is 12.7. The third-order valence-corrected chi connectivity index (χ3v) is 7.37. The Morgan fingerprint density at radius 3 is 2.41 bits per heavy atom. The molecule has 0 radical (unpaired) electrons. The molecule has 2 heterocycles. The van der Waals surface area contributed by atoms with E-state index in [1.165, 1.54) is 6.42 Å². The van der Waals surface area contributed by atoms with Crippen molar-refractivity contribution in [2.45, 2.75) is 63.8 Å². The Kier molecular flexibility index (Phi) is 5.03. The van der Waals surface area contributed by atoms with Crippen molar-refractivity contribution in [1.82, 2.24) is 15.1 Å². The summed E-state index contributed by atoms with van der Waals surface area (Å²) in [6.07, 6.45) is 8.80. The van der Waals surface area contributed by atoms with Gasteiger partial charge in [0.15, 0.2) is 0 Å². The molecule has 3 amide bonds. The number of rotatable bonds is 3. The molecule has 7 nitrogen and oxygen atoms in total. The fourth-order valence-electron chi connectivity index (χ4n) is 5.75. The Balaban J connectivity index is 1.29. The molecular formula is C20H31N3O4. The van der Waals surface area contributed by atoms with Gasteiger partial charge < -0.3 is 20.2 Å². The summed E-state index contributed by atoms with van der Waals surface area (Å²) in [6, 6.07) is -0.187. The molecule has 0 bridgehead atoms. The summed E-state index contributed by atoms with van der Waals surface area (Å²) in [5.74, 6) is -0.257. The van der Waals surface area contributed by atoms with Gasteiger partial charge >= 0.3 is 12.0 Å². The van der Waals surface area contributed by atoms with Gasteiger partial charge in [0.2, 0.25) is 5.91 Å². The number of fused-ring (bicyclic) bond motifs is 1. The number of carboxylic acids is 1. The smallest absolute Gasteiger partial charge is 0.317 e. The van der Waals surface area contributed by atoms with Crippen molar-refractivity contribution in [3.63, 3.8) is 0 Å². The van der Waals surface area contributed by atoms with Crippen LogP contribution >= 0.6 is 0 Å². The molecule has 0 aromatic heterocycles. The summed E-state index contributed by atoms with van der Waals surface area (Å²) in [5.41, 5.74) is -0.740. The Morgan fingerprint density at radius 1 is 0.926 bits per heavy atom. The van der Waals surface area contributed by atoms with Gasteiger partial charge in [0.25, 0.3) is 0 Å². The van der Waals surface area contributed by atoms with Crippen LogP contribution in [0.25, 0.3) is 0 Å². The highest BCUT2D eigenvalue weighted by molar-refractivity contribution is 5.81. The van der Waals surface area contributed by atoms with E-state index in [1.807, 2.05) is 4.90 Å². The Labute approximate surface area is 160 Å². The highest BCUT2D eigenvalue weighted by Gasteiger charge is 2.56. The molecule has 4 aliphatic rings. The van der Waals surface area contributed by atoms with Crippen LogP contribution in [0.5, 0.6) is 0 Å². The SMILES string of the molecule is O=C(NC1CCN(C(=O)C2CCCCC2)C1)N1C[C@@H]2CCC[C@@]2(C(=O)O)C1. The second kappa shape index (κ2) is 7.32. The fraction of sp³-hybridized carbons (Fsp3) is 0.850. The third kappa shape index (κ3) is 3.41. The van der Waals surface area contributed by atoms with E-state index in [0.29, 0.717) is 32.6 Å². The van der Waals surface area contributed by atoms with Crippen LogP contribution in [0.3, 0.4) is 0 Å². The van der Waals surface area contributed by atoms with Gasteiger partial charge in [0.05, 0.1) is 5.41 Å². The van der Waals surface area contributed by atoms with Crippen LogP contribution in [0.15, 0.2) is 0 Å². The molecular weight excluding hydrogens is 346 g/mol. The number of carbonyl (C=O) groups is 3. The Morgan fingerprint density at radius 2 is 1.70 bits per heavy atom. The molecule has 3 atom stereocenters. The molecule has 4 fully saturated rings. The van der Waals surface area contributed by atoms with E-state index in [4.69, 9.17) is 0 Å². The average molecular weight is 377 g/mol. The number of amides is 3. The average Bonchev–Trinajstić information content (AvgIpc) is 3.36. The molecule has 2 saturated heterocycles. The number of nitrogens with one attached hydrogen (secondary N) is 1. The third-order valence-electron chi connectivity index (χ3n) is 7.37. The predicted molar refractivity (Wildman–Crippen MR) is 99.1 cm³/mol. The Hall–Kier alpha value is -1.79. The van der Waals surface area contributed by atoms with Crippen molar-refractivity contribution in [2.24, 2.45) is 17.3 Å². The first-order valence-electron chi connectivity index (χ1n) is 10.6. The van der Waals surface area contributed by atoms with Crippen LogP contribution in [0.2, 0.25) is 0 Å². The van der Waals surface area contributed by atoms with Crippen molar-refractivity contribution < 1.29 is 19.5 Å². The van der Waals surface area contributed by atoms with Gasteiger partial charge in [0, 0.05) is 38.1 Å². The molecule has 27 heavy (non-hydrogen) atoms. The van der Waals surface area contributed by atoms with Crippen molar-refractivity contribution in [2.75, 3.05) is 26.2 Å². The maximum atomic E-state index is 12.7. The van der Waals surface area contributed by atoms with E-state index in [0.717, 1.165) is 44.9 Å². The summed E-state index contributed by atoms with van der Waals surface area (Å²) >= 11 is 0. The monoisotopic (exact) mass is 377 g/mol. The molecule has 2 N–H and O–H groups in total. The zero-order valence-electron chi connectivity index (χ0n) is 16.0. The number of carbonyl (C=O) groups excluding carboxylic acids is 2. The lowest BCUT2D eigenvalue weighted by atomic mass is 9.81. The molecule has 2 aliphatic heterocycles. The molecule has 0 spiro atoms. The number of nitrogens with zero attached hydrogens (tertiary/aromatic N) is 2. The molecule has 1 unspecified atom stereocenters. The fourth-order valence-corrected chi connectivity index (χ4v) is 5.75. The number of carboxylic acid groups (broad SMARTS) is 1. The van der Waals surface area contributed by atoms with E-state index in [-0.39, 0.29) is 29.8 Å². The van der Waals surface area contributed by atoms with Crippen LogP contribution < -0.4 is 5.32 Å². The molecule has 2 saturated carbocycles. The molecule has 7 heteroatoms. The first-order chi connectivity index (χ1) is 13.0. The zero-order chi connectivity index (χ0) is 19.0. The molecule has 150 valence electrons. The number of hydrogen-bond acceptors (Lipinski definition) is 3. The van der Waals surface area contributed by atoms with Crippen LogP contribution in [-0.2, 0) is 9.59 Å². The lowest BCUT2D eigenvalue weighted by molar-refractivity contribution is -0.149. The minimum Gasteiger partial charge on any atom is -0.481 e. The van der Waals surface area contributed by atoms with Gasteiger partial charge in [-0.25, -0.2) is 4.79 Å². The van der Waals surface area contributed by atoms with E-state index < -0.39 is 11.4 Å². The van der Waals surface area contributed by atoms with Crippen LogP contribution in [-0.4, -0.2) is 65.0 Å². The number of urea groups is 1. The van der Waals surface area contributed by atoms with Crippen molar-refractivity contribution in [3.05, 3.63) is 0 Å². The summed E-state index contributed by atoms with van der Waals surface area (Å²) in [4.78, 5) is 40.8. The number of likely N-dealkylation sites (tertiary alicyclic amines) is 2. The van der Waals surface area contributed by atoms with Crippen molar-refractivity contribution >= 4 is 17.9 Å². The summed E-state index contributed by atoms with van der Waals surface area (Å²) in [5, 5.41) is 12.7. The van der Waals surface area contributed by atoms with Crippen molar-refractivity contribution in [1.29, 1.82) is 0 Å². The van der Waals surface area contributed by atoms with Gasteiger partial charge in [0.1, 0.15) is 0 Å². The van der Waals surface area contributed by atoms with Gasteiger partial charge in [-0.05, 0) is 38.0 Å². The van der Waals surface area contributed by atoms with E-state index in [9.17, 15) is 19.5 Å². The summed E-state index contributed by atoms with van der Waals surface area (Å²) < 4.78 is 0. The largest absolute Gasteiger partial charge is 0.481 e. The van der Waals surface area contributed by atoms with Crippen LogP contribution in [0.1, 0.15) is 57.8 Å². The first-order valence-corrected chi connectivity index (χ1v) is 10.6. The second-order valence-corrected chi connectivity index (χ2v) is 8.99. The maximum Gasteiger partial charge on any atom is 0.317 e. The highest BCUT2D eigenvalue weighted by atomic mass is 16.4. The topological polar surface area (TPSA) is 90.0 Å².